The molecule has 2 fully saturated rings. The average Bonchev–Trinajstić information content (AvgIpc) is 3.22. The van der Waals surface area contributed by atoms with E-state index in [1.54, 1.807) is 7.11 Å². The molecule has 3 rings (SSSR count). The van der Waals surface area contributed by atoms with E-state index in [2.05, 4.69) is 5.32 Å². The Morgan fingerprint density at radius 1 is 1.15 bits per heavy atom. The van der Waals surface area contributed by atoms with E-state index in [1.807, 2.05) is 39.0 Å². The smallest absolute Gasteiger partial charge is 0.329 e. The number of hydrogen-bond acceptors (Lipinski definition) is 5. The monoisotopic (exact) mass is 375 g/mol. The van der Waals surface area contributed by atoms with Gasteiger partial charge in [-0.15, -0.1) is 0 Å². The predicted molar refractivity (Wildman–Crippen MR) is 101 cm³/mol. The lowest BCUT2D eigenvalue weighted by atomic mass is 9.91. The van der Waals surface area contributed by atoms with E-state index in [9.17, 15) is 9.59 Å². The van der Waals surface area contributed by atoms with Crippen LogP contribution in [0.1, 0.15) is 64.4 Å². The molecule has 0 aromatic heterocycles. The van der Waals surface area contributed by atoms with Crippen molar-refractivity contribution in [1.29, 1.82) is 0 Å². The molecule has 0 bridgehead atoms. The van der Waals surface area contributed by atoms with Crippen LogP contribution in [0.15, 0.2) is 18.2 Å². The number of benzene rings is 1. The van der Waals surface area contributed by atoms with Gasteiger partial charge in [-0.05, 0) is 64.2 Å². The van der Waals surface area contributed by atoms with Gasteiger partial charge in [0.1, 0.15) is 11.6 Å². The zero-order valence-electron chi connectivity index (χ0n) is 16.5. The lowest BCUT2D eigenvalue weighted by Gasteiger charge is -2.25. The summed E-state index contributed by atoms with van der Waals surface area (Å²) >= 11 is 0. The van der Waals surface area contributed by atoms with Gasteiger partial charge in [0.05, 0.1) is 13.2 Å². The summed E-state index contributed by atoms with van der Waals surface area (Å²) in [5.41, 5.74) is 0.268. The fourth-order valence-corrected chi connectivity index (χ4v) is 3.75. The van der Waals surface area contributed by atoms with Gasteiger partial charge in [0.15, 0.2) is 11.5 Å². The van der Waals surface area contributed by atoms with Crippen LogP contribution in [0.25, 0.3) is 0 Å². The molecule has 1 N–H and O–H groups in total. The van der Waals surface area contributed by atoms with Crippen LogP contribution in [-0.2, 0) is 14.3 Å². The molecule has 27 heavy (non-hydrogen) atoms. The summed E-state index contributed by atoms with van der Waals surface area (Å²) < 4.78 is 17.1. The summed E-state index contributed by atoms with van der Waals surface area (Å²) in [6.07, 6.45) is 4.87. The quantitative estimate of drug-likeness (QED) is 0.799. The Morgan fingerprint density at radius 2 is 1.85 bits per heavy atom. The molecule has 148 valence electrons. The van der Waals surface area contributed by atoms with Crippen molar-refractivity contribution in [2.24, 2.45) is 0 Å². The third-order valence-corrected chi connectivity index (χ3v) is 5.00. The molecule has 6 nitrogen and oxygen atoms in total. The van der Waals surface area contributed by atoms with Crippen LogP contribution in [0, 0.1) is 0 Å². The summed E-state index contributed by atoms with van der Waals surface area (Å²) in [4.78, 5) is 24.6. The van der Waals surface area contributed by atoms with Crippen molar-refractivity contribution >= 4 is 11.9 Å². The molecule has 1 unspecified atom stereocenters. The van der Waals surface area contributed by atoms with E-state index in [1.165, 1.54) is 12.8 Å². The fraction of sp³-hybridized carbons (Fsp3) is 0.619. The minimum absolute atomic E-state index is 0.148. The lowest BCUT2D eigenvalue weighted by molar-refractivity contribution is -0.157. The molecule has 1 saturated heterocycles. The summed E-state index contributed by atoms with van der Waals surface area (Å²) in [7, 11) is 1.61. The van der Waals surface area contributed by atoms with Gasteiger partial charge < -0.3 is 19.5 Å². The Morgan fingerprint density at radius 3 is 2.48 bits per heavy atom. The zero-order chi connectivity index (χ0) is 19.6. The minimum Gasteiger partial charge on any atom is -0.493 e. The molecule has 1 saturated carbocycles. The number of methoxy groups -OCH3 is 1. The van der Waals surface area contributed by atoms with Gasteiger partial charge in [0.2, 0.25) is 5.91 Å². The third-order valence-electron chi connectivity index (χ3n) is 5.00. The van der Waals surface area contributed by atoms with E-state index >= 15 is 0 Å². The number of rotatable bonds is 5. The first-order valence-electron chi connectivity index (χ1n) is 9.63. The first-order chi connectivity index (χ1) is 12.8. The molecule has 6 heteroatoms. The van der Waals surface area contributed by atoms with E-state index in [0.717, 1.165) is 18.4 Å². The summed E-state index contributed by atoms with van der Waals surface area (Å²) in [5, 5.41) is 2.76. The van der Waals surface area contributed by atoms with Crippen LogP contribution in [0.3, 0.4) is 0 Å². The van der Waals surface area contributed by atoms with Crippen molar-refractivity contribution in [2.45, 2.75) is 76.5 Å². The van der Waals surface area contributed by atoms with Gasteiger partial charge in [-0.2, -0.15) is 0 Å². The van der Waals surface area contributed by atoms with Gasteiger partial charge in [-0.3, -0.25) is 4.79 Å². The first-order valence-corrected chi connectivity index (χ1v) is 9.63. The number of hydrogen-bond donors (Lipinski definition) is 1. The number of esters is 1. The maximum atomic E-state index is 12.6. The van der Waals surface area contributed by atoms with E-state index < -0.39 is 17.6 Å². The number of carbonyl (C=O) groups excluding carboxylic acids is 2. The normalized spacial score (nSPS) is 23.2. The van der Waals surface area contributed by atoms with Crippen LogP contribution < -0.4 is 14.8 Å². The average molecular weight is 375 g/mol. The molecule has 1 aromatic rings. The van der Waals surface area contributed by atoms with Gasteiger partial charge in [-0.25, -0.2) is 4.79 Å². The molecule has 2 atom stereocenters. The second-order valence-electron chi connectivity index (χ2n) is 8.32. The van der Waals surface area contributed by atoms with Crippen molar-refractivity contribution in [3.63, 3.8) is 0 Å². The second kappa shape index (κ2) is 7.79. The Labute approximate surface area is 160 Å². The lowest BCUT2D eigenvalue weighted by Crippen LogP contribution is -2.41. The van der Waals surface area contributed by atoms with Crippen LogP contribution >= 0.6 is 0 Å². The largest absolute Gasteiger partial charge is 0.493 e. The van der Waals surface area contributed by atoms with Crippen molar-refractivity contribution in [3.8, 4) is 11.5 Å². The SMILES string of the molecule is COc1ccc([C@@H]2CC(=O)NC2C(=O)OC(C)(C)C)cc1OC1CCCC1. The molecule has 0 spiro atoms. The number of ether oxygens (including phenoxy) is 3. The maximum absolute atomic E-state index is 12.6. The summed E-state index contributed by atoms with van der Waals surface area (Å²) in [5.74, 6) is 0.488. The van der Waals surface area contributed by atoms with E-state index in [4.69, 9.17) is 14.2 Å². The molecule has 2 aliphatic rings. The number of nitrogens with one attached hydrogen (secondary N) is 1. The third kappa shape index (κ3) is 4.73. The molecule has 1 aliphatic carbocycles. The summed E-state index contributed by atoms with van der Waals surface area (Å²) in [6.45, 7) is 5.45. The number of amides is 1. The molecule has 0 radical (unpaired) electrons. The van der Waals surface area contributed by atoms with Crippen molar-refractivity contribution < 1.29 is 23.8 Å². The van der Waals surface area contributed by atoms with Crippen molar-refractivity contribution in [3.05, 3.63) is 23.8 Å². The Balaban J connectivity index is 1.84. The molecule has 1 aliphatic heterocycles. The minimum atomic E-state index is -0.690. The van der Waals surface area contributed by atoms with Crippen LogP contribution in [0.4, 0.5) is 0 Å². The van der Waals surface area contributed by atoms with Gasteiger partial charge in [-0.1, -0.05) is 6.07 Å². The van der Waals surface area contributed by atoms with E-state index in [0.29, 0.717) is 11.5 Å². The predicted octanol–water partition coefficient (Wildman–Crippen LogP) is 3.33. The van der Waals surface area contributed by atoms with Crippen molar-refractivity contribution in [1.82, 2.24) is 5.32 Å². The highest BCUT2D eigenvalue weighted by Crippen LogP contribution is 2.37. The Hall–Kier alpha value is -2.24. The molecule has 1 heterocycles. The van der Waals surface area contributed by atoms with Crippen LogP contribution in [0.5, 0.6) is 11.5 Å². The molecule has 1 amide bonds. The highest BCUT2D eigenvalue weighted by Gasteiger charge is 2.41. The van der Waals surface area contributed by atoms with Gasteiger partial charge in [0.25, 0.3) is 0 Å². The highest BCUT2D eigenvalue weighted by molar-refractivity contribution is 5.90. The second-order valence-corrected chi connectivity index (χ2v) is 8.32. The Kier molecular flexibility index (Phi) is 5.63. The zero-order valence-corrected chi connectivity index (χ0v) is 16.5. The standard InChI is InChI=1S/C21H29NO5/c1-21(2,3)27-20(24)19-15(12-18(23)22-19)13-9-10-16(25-4)17(11-13)26-14-7-5-6-8-14/h9-11,14-15,19H,5-8,12H2,1-4H3,(H,22,23)/t15-,19?/m0/s1. The summed E-state index contributed by atoms with van der Waals surface area (Å²) in [6, 6.07) is 4.95. The molecular weight excluding hydrogens is 346 g/mol. The van der Waals surface area contributed by atoms with E-state index in [-0.39, 0.29) is 24.3 Å². The first kappa shape index (κ1) is 19.5. The molecule has 1 aromatic carbocycles. The van der Waals surface area contributed by atoms with Gasteiger partial charge in [0, 0.05) is 12.3 Å². The van der Waals surface area contributed by atoms with Crippen LogP contribution in [-0.4, -0.2) is 36.7 Å². The maximum Gasteiger partial charge on any atom is 0.329 e. The molecular formula is C21H29NO5. The fourth-order valence-electron chi connectivity index (χ4n) is 3.75. The topological polar surface area (TPSA) is 73.9 Å². The number of carbonyl (C=O) groups is 2. The van der Waals surface area contributed by atoms with Gasteiger partial charge >= 0.3 is 5.97 Å². The Bertz CT molecular complexity index is 703. The van der Waals surface area contributed by atoms with Crippen molar-refractivity contribution in [2.75, 3.05) is 7.11 Å². The van der Waals surface area contributed by atoms with Crippen LogP contribution in [0.2, 0.25) is 0 Å². The highest BCUT2D eigenvalue weighted by atomic mass is 16.6.